The van der Waals surface area contributed by atoms with Crippen molar-refractivity contribution in [2.75, 3.05) is 32.6 Å². The average Bonchev–Trinajstić information content (AvgIpc) is 3.14. The Kier molecular flexibility index (Phi) is 7.31. The Morgan fingerprint density at radius 2 is 1.86 bits per heavy atom. The molecule has 2 aliphatic rings. The Balaban J connectivity index is 1.18. The fourth-order valence-electron chi connectivity index (χ4n) is 4.17. The molecule has 4 rings (SSSR count). The highest BCUT2D eigenvalue weighted by Crippen LogP contribution is 2.52. The van der Waals surface area contributed by atoms with Crippen LogP contribution >= 0.6 is 11.8 Å². The van der Waals surface area contributed by atoms with Crippen LogP contribution < -0.4 is 15.8 Å². The molecule has 9 heteroatoms. The molecule has 1 aromatic carbocycles. The molecule has 0 saturated heterocycles. The molecule has 0 aliphatic heterocycles. The summed E-state index contributed by atoms with van der Waals surface area (Å²) in [4.78, 5) is 12.5. The third kappa shape index (κ3) is 6.45. The number of fused-ring (bicyclic) bond motifs is 1. The fourth-order valence-corrected chi connectivity index (χ4v) is 4.46. The largest absolute Gasteiger partial charge is 0.493 e. The topological polar surface area (TPSA) is 112 Å². The Bertz CT molecular complexity index is 1090. The number of thioether (sulfide) groups is 1. The van der Waals surface area contributed by atoms with Crippen LogP contribution in [0.2, 0.25) is 0 Å². The van der Waals surface area contributed by atoms with Gasteiger partial charge in [-0.2, -0.15) is 0 Å². The van der Waals surface area contributed by atoms with Crippen molar-refractivity contribution in [1.82, 2.24) is 15.5 Å². The molecule has 1 fully saturated rings. The molecule has 2 aliphatic carbocycles. The molecule has 1 aromatic heterocycles. The van der Waals surface area contributed by atoms with E-state index in [1.807, 2.05) is 30.5 Å². The second-order valence-electron chi connectivity index (χ2n) is 11.2. The number of nitrogens with two attached hydrogens (primary N) is 1. The van der Waals surface area contributed by atoms with Crippen LogP contribution in [0.1, 0.15) is 47.0 Å². The van der Waals surface area contributed by atoms with Crippen LogP contribution in [0.4, 0.5) is 0 Å². The molecular formula is C26H36N4O4S. The van der Waals surface area contributed by atoms with E-state index in [9.17, 15) is 4.79 Å². The second kappa shape index (κ2) is 9.95. The van der Waals surface area contributed by atoms with Gasteiger partial charge in [-0.25, -0.2) is 0 Å². The van der Waals surface area contributed by atoms with Crippen molar-refractivity contribution in [2.45, 2.75) is 57.7 Å². The van der Waals surface area contributed by atoms with E-state index in [2.05, 4.69) is 43.2 Å². The summed E-state index contributed by atoms with van der Waals surface area (Å²) in [5.41, 5.74) is 8.57. The van der Waals surface area contributed by atoms with Crippen molar-refractivity contribution in [1.29, 1.82) is 0 Å². The van der Waals surface area contributed by atoms with Crippen molar-refractivity contribution in [2.24, 2.45) is 16.6 Å². The van der Waals surface area contributed by atoms with Gasteiger partial charge in [0, 0.05) is 34.1 Å². The van der Waals surface area contributed by atoms with Crippen molar-refractivity contribution < 1.29 is 18.7 Å². The van der Waals surface area contributed by atoms with E-state index in [0.29, 0.717) is 37.5 Å². The third-order valence-electron chi connectivity index (χ3n) is 6.45. The van der Waals surface area contributed by atoms with Crippen LogP contribution in [0.5, 0.6) is 5.75 Å². The Morgan fingerprint density at radius 3 is 2.46 bits per heavy atom. The average molecular weight is 501 g/mol. The zero-order valence-electron chi connectivity index (χ0n) is 21.3. The Morgan fingerprint density at radius 1 is 1.14 bits per heavy atom. The smallest absolute Gasteiger partial charge is 0.276 e. The molecule has 35 heavy (non-hydrogen) atoms. The molecule has 1 heterocycles. The summed E-state index contributed by atoms with van der Waals surface area (Å²) in [6, 6.07) is 7.62. The first-order chi connectivity index (χ1) is 16.5. The summed E-state index contributed by atoms with van der Waals surface area (Å²) in [7, 11) is 0. The van der Waals surface area contributed by atoms with Gasteiger partial charge in [0.1, 0.15) is 5.75 Å². The van der Waals surface area contributed by atoms with Crippen LogP contribution in [0.3, 0.4) is 0 Å². The van der Waals surface area contributed by atoms with Crippen LogP contribution in [-0.2, 0) is 9.53 Å². The summed E-state index contributed by atoms with van der Waals surface area (Å²) in [6.07, 6.45) is 4.46. The first-order valence-corrected chi connectivity index (χ1v) is 13.2. The van der Waals surface area contributed by atoms with E-state index in [1.54, 1.807) is 0 Å². The van der Waals surface area contributed by atoms with E-state index >= 15 is 0 Å². The summed E-state index contributed by atoms with van der Waals surface area (Å²) in [6.45, 7) is 10.6. The maximum atomic E-state index is 12.5. The first-order valence-electron chi connectivity index (χ1n) is 12.0. The molecule has 0 spiro atoms. The second-order valence-corrected chi connectivity index (χ2v) is 11.9. The summed E-state index contributed by atoms with van der Waals surface area (Å²) >= 11 is 1.42. The van der Waals surface area contributed by atoms with Crippen molar-refractivity contribution in [3.8, 4) is 17.2 Å². The number of hydrogen-bond donors (Lipinski definition) is 2. The lowest BCUT2D eigenvalue weighted by Crippen LogP contribution is -2.38. The molecule has 0 radical (unpaired) electrons. The molecule has 1 unspecified atom stereocenters. The first kappa shape index (κ1) is 25.7. The third-order valence-corrected chi connectivity index (χ3v) is 6.97. The minimum atomic E-state index is -0.180. The van der Waals surface area contributed by atoms with Crippen molar-refractivity contribution in [3.05, 3.63) is 35.4 Å². The van der Waals surface area contributed by atoms with Crippen LogP contribution in [-0.4, -0.2) is 54.3 Å². The maximum Gasteiger partial charge on any atom is 0.276 e. The number of rotatable bonds is 12. The lowest BCUT2D eigenvalue weighted by Gasteiger charge is -2.29. The molecule has 1 atom stereocenters. The monoisotopic (exact) mass is 500 g/mol. The van der Waals surface area contributed by atoms with Gasteiger partial charge >= 0.3 is 0 Å². The van der Waals surface area contributed by atoms with Gasteiger partial charge in [0.25, 0.3) is 5.22 Å². The van der Waals surface area contributed by atoms with Gasteiger partial charge < -0.3 is 24.9 Å². The number of carbonyl (C=O) groups is 1. The van der Waals surface area contributed by atoms with Gasteiger partial charge in [0.2, 0.25) is 11.8 Å². The van der Waals surface area contributed by atoms with Gasteiger partial charge in [-0.05, 0) is 55.4 Å². The number of aromatic nitrogens is 2. The molecular weight excluding hydrogens is 464 g/mol. The molecule has 3 N–H and O–H groups in total. The predicted molar refractivity (Wildman–Crippen MR) is 136 cm³/mol. The highest BCUT2D eigenvalue weighted by molar-refractivity contribution is 7.98. The Labute approximate surface area is 211 Å². The lowest BCUT2D eigenvalue weighted by molar-refractivity contribution is -0.118. The molecule has 190 valence electrons. The maximum absolute atomic E-state index is 12.5. The zero-order valence-corrected chi connectivity index (χ0v) is 22.1. The van der Waals surface area contributed by atoms with Gasteiger partial charge in [-0.3, -0.25) is 4.79 Å². The van der Waals surface area contributed by atoms with Gasteiger partial charge in [-0.1, -0.05) is 39.5 Å². The minimum absolute atomic E-state index is 0.0291. The van der Waals surface area contributed by atoms with E-state index in [-0.39, 0.29) is 22.3 Å². The zero-order chi connectivity index (χ0) is 25.3. The highest BCUT2D eigenvalue weighted by atomic mass is 32.2. The number of benzene rings is 1. The van der Waals surface area contributed by atoms with Crippen LogP contribution in [0.15, 0.2) is 45.1 Å². The van der Waals surface area contributed by atoms with E-state index < -0.39 is 0 Å². The number of nitrogens with one attached hydrogen (secondary N) is 1. The molecule has 2 aromatic rings. The number of ether oxygens (including phenoxy) is 2. The summed E-state index contributed by atoms with van der Waals surface area (Å²) in [5, 5.41) is 11.6. The van der Waals surface area contributed by atoms with Crippen molar-refractivity contribution >= 4 is 17.7 Å². The molecule has 1 saturated carbocycles. The SMILES string of the molecule is CSc1nnc(-c2ccc(OCC(C)(C)COCC(C)(C)CNC(=O)C3=C4CC4(N)CC3)cc2)o1. The Hall–Kier alpha value is -2.36. The number of carbonyl (C=O) groups excluding carboxylic acids is 1. The molecule has 8 nitrogen and oxygen atoms in total. The molecule has 1 amide bonds. The van der Waals surface area contributed by atoms with E-state index in [0.717, 1.165) is 41.7 Å². The van der Waals surface area contributed by atoms with Gasteiger partial charge in [0.05, 0.1) is 19.8 Å². The quantitative estimate of drug-likeness (QED) is 0.417. The summed E-state index contributed by atoms with van der Waals surface area (Å²) < 4.78 is 17.6. The number of amides is 1. The van der Waals surface area contributed by atoms with Gasteiger partial charge in [-0.15, -0.1) is 10.2 Å². The van der Waals surface area contributed by atoms with Crippen LogP contribution in [0.25, 0.3) is 11.5 Å². The number of hydrogen-bond acceptors (Lipinski definition) is 8. The number of nitrogens with zero attached hydrogens (tertiary/aromatic N) is 2. The predicted octanol–water partition coefficient (Wildman–Crippen LogP) is 4.21. The highest BCUT2D eigenvalue weighted by Gasteiger charge is 2.52. The van der Waals surface area contributed by atoms with E-state index in [4.69, 9.17) is 19.6 Å². The van der Waals surface area contributed by atoms with Crippen molar-refractivity contribution in [3.63, 3.8) is 0 Å². The van der Waals surface area contributed by atoms with Crippen LogP contribution in [0, 0.1) is 10.8 Å². The normalized spacial score (nSPS) is 19.6. The molecule has 0 bridgehead atoms. The fraction of sp³-hybridized carbons (Fsp3) is 0.577. The standard InChI is InChI=1S/C26H36N4O4S/c1-24(2,13-28-21(31)19-10-11-26(27)12-20(19)26)14-32-15-25(3,4)16-33-18-8-6-17(7-9-18)22-29-30-23(34-22)35-5/h6-9H,10-16,27H2,1-5H3,(H,28,31). The summed E-state index contributed by atoms with van der Waals surface area (Å²) in [5.74, 6) is 1.30. The van der Waals surface area contributed by atoms with Gasteiger partial charge in [0.15, 0.2) is 0 Å². The lowest BCUT2D eigenvalue weighted by atomic mass is 9.93. The van der Waals surface area contributed by atoms with E-state index in [1.165, 1.54) is 11.8 Å². The minimum Gasteiger partial charge on any atom is -0.493 e.